The number of fused-ring (bicyclic) bond motifs is 2. The van der Waals surface area contributed by atoms with Crippen LogP contribution in [0.2, 0.25) is 0 Å². The topological polar surface area (TPSA) is 95.0 Å². The van der Waals surface area contributed by atoms with Gasteiger partial charge in [-0.2, -0.15) is 4.99 Å². The highest BCUT2D eigenvalue weighted by molar-refractivity contribution is 5.96. The number of pyridine rings is 2. The predicted molar refractivity (Wildman–Crippen MR) is 139 cm³/mol. The Balaban J connectivity index is 2.04. The Hall–Kier alpha value is -4.33. The van der Waals surface area contributed by atoms with Crippen molar-refractivity contribution >= 4 is 34.6 Å². The summed E-state index contributed by atoms with van der Waals surface area (Å²) in [6.07, 6.45) is 6.25. The number of hydrogen-bond donors (Lipinski definition) is 0. The zero-order chi connectivity index (χ0) is 25.7. The van der Waals surface area contributed by atoms with Gasteiger partial charge >= 0.3 is 5.97 Å². The van der Waals surface area contributed by atoms with E-state index in [9.17, 15) is 14.4 Å². The Bertz CT molecular complexity index is 1600. The van der Waals surface area contributed by atoms with Crippen LogP contribution < -0.4 is 11.0 Å². The van der Waals surface area contributed by atoms with Crippen LogP contribution in [0.1, 0.15) is 48.2 Å². The average molecular weight is 485 g/mol. The maximum atomic E-state index is 13.4. The van der Waals surface area contributed by atoms with Gasteiger partial charge in [-0.1, -0.05) is 49.7 Å². The van der Waals surface area contributed by atoms with Gasteiger partial charge in [-0.15, -0.1) is 0 Å². The van der Waals surface area contributed by atoms with Gasteiger partial charge in [0, 0.05) is 18.8 Å². The van der Waals surface area contributed by atoms with E-state index in [0.717, 1.165) is 24.0 Å². The summed E-state index contributed by atoms with van der Waals surface area (Å²) >= 11 is 0. The molecule has 0 radical (unpaired) electrons. The first kappa shape index (κ1) is 24.8. The molecule has 1 aromatic carbocycles. The van der Waals surface area contributed by atoms with Crippen molar-refractivity contribution < 1.29 is 14.3 Å². The highest BCUT2D eigenvalue weighted by Gasteiger charge is 2.20. The summed E-state index contributed by atoms with van der Waals surface area (Å²) in [6, 6.07) is 14.5. The largest absolute Gasteiger partial charge is 0.462 e. The van der Waals surface area contributed by atoms with Gasteiger partial charge in [-0.3, -0.25) is 14.0 Å². The monoisotopic (exact) mass is 484 g/mol. The van der Waals surface area contributed by atoms with Gasteiger partial charge in [0.1, 0.15) is 16.9 Å². The molecule has 4 rings (SSSR count). The van der Waals surface area contributed by atoms with Crippen LogP contribution in [-0.4, -0.2) is 32.4 Å². The molecule has 0 N–H and O–H groups in total. The molecule has 0 aliphatic rings. The van der Waals surface area contributed by atoms with Crippen LogP contribution in [-0.2, 0) is 16.1 Å². The van der Waals surface area contributed by atoms with Crippen molar-refractivity contribution in [1.82, 2.24) is 14.0 Å². The Labute approximate surface area is 208 Å². The minimum atomic E-state index is -0.656. The van der Waals surface area contributed by atoms with Crippen LogP contribution >= 0.6 is 0 Å². The molecule has 3 heterocycles. The van der Waals surface area contributed by atoms with Crippen molar-refractivity contribution in [3.8, 4) is 0 Å². The lowest BCUT2D eigenvalue weighted by molar-refractivity contribution is -0.113. The molecule has 184 valence electrons. The Morgan fingerprint density at radius 1 is 1.08 bits per heavy atom. The van der Waals surface area contributed by atoms with Crippen LogP contribution in [0.5, 0.6) is 0 Å². The highest BCUT2D eigenvalue weighted by Crippen LogP contribution is 2.14. The number of unbranched alkanes of at least 4 members (excludes halogenated alkanes) is 1. The summed E-state index contributed by atoms with van der Waals surface area (Å²) in [5, 5.41) is 0.253. The molecule has 0 aliphatic carbocycles. The lowest BCUT2D eigenvalue weighted by Crippen LogP contribution is -2.32. The second kappa shape index (κ2) is 10.9. The zero-order valence-electron chi connectivity index (χ0n) is 20.6. The van der Waals surface area contributed by atoms with Crippen molar-refractivity contribution in [3.05, 3.63) is 93.3 Å². The van der Waals surface area contributed by atoms with Gasteiger partial charge in [0.2, 0.25) is 0 Å². The van der Waals surface area contributed by atoms with Gasteiger partial charge in [-0.25, -0.2) is 9.78 Å². The van der Waals surface area contributed by atoms with Crippen LogP contribution in [0.3, 0.4) is 0 Å². The number of amides is 1. The Morgan fingerprint density at radius 3 is 2.58 bits per heavy atom. The van der Waals surface area contributed by atoms with Crippen molar-refractivity contribution in [2.24, 2.45) is 4.99 Å². The SMILES string of the molecule is CCCCn1c(=NC(=O)/C=C\c2ccccc2)c(C(=O)OCC)cc2c(=O)n3cccc(C)c3nc21. The number of carbonyl (C=O) groups excluding carboxylic acids is 2. The maximum absolute atomic E-state index is 13.4. The number of nitrogens with zero attached hydrogens (tertiary/aromatic N) is 4. The van der Waals surface area contributed by atoms with Crippen LogP contribution in [0.15, 0.2) is 70.6 Å². The molecule has 0 atom stereocenters. The number of carbonyl (C=O) groups is 2. The van der Waals surface area contributed by atoms with E-state index in [1.807, 2.05) is 50.2 Å². The van der Waals surface area contributed by atoms with Gasteiger partial charge in [-0.05, 0) is 49.6 Å². The van der Waals surface area contributed by atoms with E-state index < -0.39 is 11.9 Å². The molecule has 0 bridgehead atoms. The molecular weight excluding hydrogens is 456 g/mol. The number of hydrogen-bond acceptors (Lipinski definition) is 5. The molecule has 0 fully saturated rings. The number of rotatable bonds is 7. The van der Waals surface area contributed by atoms with Gasteiger partial charge in [0.15, 0.2) is 5.49 Å². The Morgan fingerprint density at radius 2 is 1.86 bits per heavy atom. The van der Waals surface area contributed by atoms with Gasteiger partial charge < -0.3 is 9.30 Å². The first-order valence-corrected chi connectivity index (χ1v) is 12.0. The molecule has 0 unspecified atom stereocenters. The standard InChI is InChI=1S/C28H28N4O4/c1-4-6-16-31-25-21(27(34)32-17-10-11-19(3)24(32)30-25)18-22(28(35)36-5-2)26(31)29-23(33)15-14-20-12-8-7-9-13-20/h7-15,17-18H,4-6,16H2,1-3H3/b15-14-,29-26?. The molecule has 0 aliphatic heterocycles. The molecule has 8 nitrogen and oxygen atoms in total. The molecular formula is C28H28N4O4. The smallest absolute Gasteiger partial charge is 0.341 e. The third-order valence-electron chi connectivity index (χ3n) is 5.77. The summed E-state index contributed by atoms with van der Waals surface area (Å²) < 4.78 is 8.41. The summed E-state index contributed by atoms with van der Waals surface area (Å²) in [5.74, 6) is -1.19. The molecule has 8 heteroatoms. The van der Waals surface area contributed by atoms with Gasteiger partial charge in [0.05, 0.1) is 12.0 Å². The number of esters is 1. The lowest BCUT2D eigenvalue weighted by Gasteiger charge is -2.15. The fourth-order valence-electron chi connectivity index (χ4n) is 3.97. The van der Waals surface area contributed by atoms with Gasteiger partial charge in [0.25, 0.3) is 11.5 Å². The van der Waals surface area contributed by atoms with E-state index in [1.54, 1.807) is 29.8 Å². The number of aromatic nitrogens is 3. The molecule has 0 saturated carbocycles. The third kappa shape index (κ3) is 5.02. The van der Waals surface area contributed by atoms with E-state index in [2.05, 4.69) is 4.99 Å². The molecule has 36 heavy (non-hydrogen) atoms. The number of ether oxygens (including phenoxy) is 1. The lowest BCUT2D eigenvalue weighted by atomic mass is 10.2. The first-order valence-electron chi connectivity index (χ1n) is 12.0. The molecule has 0 spiro atoms. The molecule has 1 amide bonds. The van der Waals surface area contributed by atoms with Crippen molar-refractivity contribution in [2.45, 2.75) is 40.2 Å². The highest BCUT2D eigenvalue weighted by atomic mass is 16.5. The van der Waals surface area contributed by atoms with Crippen LogP contribution in [0, 0.1) is 6.92 Å². The first-order chi connectivity index (χ1) is 17.4. The van der Waals surface area contributed by atoms with E-state index in [-0.39, 0.29) is 28.6 Å². The molecule has 4 aromatic rings. The quantitative estimate of drug-likeness (QED) is 0.224. The molecule has 0 saturated heterocycles. The average Bonchev–Trinajstić information content (AvgIpc) is 2.88. The van der Waals surface area contributed by atoms with Crippen molar-refractivity contribution in [3.63, 3.8) is 0 Å². The van der Waals surface area contributed by atoms with Crippen LogP contribution in [0.25, 0.3) is 22.8 Å². The molecule has 3 aromatic heterocycles. The van der Waals surface area contributed by atoms with E-state index >= 15 is 0 Å². The summed E-state index contributed by atoms with van der Waals surface area (Å²) in [7, 11) is 0. The second-order valence-electron chi connectivity index (χ2n) is 8.34. The van der Waals surface area contributed by atoms with Crippen molar-refractivity contribution in [2.75, 3.05) is 6.61 Å². The zero-order valence-corrected chi connectivity index (χ0v) is 20.6. The summed E-state index contributed by atoms with van der Waals surface area (Å²) in [4.78, 5) is 48.4. The number of benzene rings is 1. The summed E-state index contributed by atoms with van der Waals surface area (Å²) in [5.41, 5.74) is 2.42. The van der Waals surface area contributed by atoms with E-state index in [4.69, 9.17) is 9.72 Å². The summed E-state index contributed by atoms with van der Waals surface area (Å²) in [6.45, 7) is 6.16. The van der Waals surface area contributed by atoms with E-state index in [0.29, 0.717) is 17.8 Å². The van der Waals surface area contributed by atoms with Crippen LogP contribution in [0.4, 0.5) is 0 Å². The third-order valence-corrected chi connectivity index (χ3v) is 5.77. The fourth-order valence-corrected chi connectivity index (χ4v) is 3.97. The maximum Gasteiger partial charge on any atom is 0.341 e. The fraction of sp³-hybridized carbons (Fsp3) is 0.250. The second-order valence-corrected chi connectivity index (χ2v) is 8.34. The predicted octanol–water partition coefficient (Wildman–Crippen LogP) is 4.08. The van der Waals surface area contributed by atoms with E-state index in [1.165, 1.54) is 16.5 Å². The minimum Gasteiger partial charge on any atom is -0.462 e. The Kier molecular flexibility index (Phi) is 7.53. The van der Waals surface area contributed by atoms with Crippen molar-refractivity contribution in [1.29, 1.82) is 0 Å². The minimum absolute atomic E-state index is 0.0495. The number of aryl methyl sites for hydroxylation is 2. The normalized spacial score (nSPS) is 12.0.